The topological polar surface area (TPSA) is 186 Å². The van der Waals surface area contributed by atoms with E-state index in [1.807, 2.05) is 48.5 Å². The second-order valence-electron chi connectivity index (χ2n) is 10.7. The van der Waals surface area contributed by atoms with E-state index in [1.54, 1.807) is 36.4 Å². The van der Waals surface area contributed by atoms with Crippen LogP contribution in [0.1, 0.15) is 24.0 Å². The van der Waals surface area contributed by atoms with E-state index >= 15 is 0 Å². The zero-order chi connectivity index (χ0) is 32.9. The number of hydrogen-bond donors (Lipinski definition) is 5. The first-order chi connectivity index (χ1) is 22.2. The van der Waals surface area contributed by atoms with Crippen LogP contribution in [0.25, 0.3) is 0 Å². The van der Waals surface area contributed by atoms with Crippen LogP contribution in [0.15, 0.2) is 84.9 Å². The second-order valence-corrected chi connectivity index (χ2v) is 12.0. The molecule has 3 aromatic carbocycles. The lowest BCUT2D eigenvalue weighted by Crippen LogP contribution is -2.43. The monoisotopic (exact) mass is 646 g/mol. The minimum atomic E-state index is -0.857. The van der Waals surface area contributed by atoms with Crippen LogP contribution in [-0.4, -0.2) is 70.8 Å². The van der Waals surface area contributed by atoms with Crippen molar-refractivity contribution in [1.82, 2.24) is 15.5 Å². The molecule has 13 heteroatoms. The minimum absolute atomic E-state index is 0.113. The quantitative estimate of drug-likeness (QED) is 0.122. The van der Waals surface area contributed by atoms with Gasteiger partial charge in [-0.2, -0.15) is 0 Å². The number of likely N-dealkylation sites (tertiary alicyclic amines) is 1. The van der Waals surface area contributed by atoms with Gasteiger partial charge in [-0.05, 0) is 48.2 Å². The van der Waals surface area contributed by atoms with Gasteiger partial charge in [-0.25, -0.2) is 4.79 Å². The number of benzene rings is 3. The summed E-state index contributed by atoms with van der Waals surface area (Å²) in [5.74, 6) is -0.372. The number of anilines is 1. The van der Waals surface area contributed by atoms with Crippen molar-refractivity contribution in [2.24, 2.45) is 11.5 Å². The Hall–Kier alpha value is -4.72. The molecule has 12 nitrogen and oxygen atoms in total. The molecule has 3 aromatic rings. The highest BCUT2D eigenvalue weighted by atomic mass is 32.2. The highest BCUT2D eigenvalue weighted by molar-refractivity contribution is 8.00. The number of thioether (sulfide) groups is 1. The fourth-order valence-corrected chi connectivity index (χ4v) is 5.66. The molecule has 0 aromatic heterocycles. The molecule has 46 heavy (non-hydrogen) atoms. The molecular weight excluding hydrogens is 608 g/mol. The highest BCUT2D eigenvalue weighted by Crippen LogP contribution is 2.26. The Morgan fingerprint density at radius 2 is 1.50 bits per heavy atom. The number of para-hydroxylation sites is 1. The second kappa shape index (κ2) is 17.1. The number of amides is 5. The highest BCUT2D eigenvalue weighted by Gasteiger charge is 2.38. The number of nitrogens with zero attached hydrogens (tertiary/aromatic N) is 1. The van der Waals surface area contributed by atoms with Gasteiger partial charge in [-0.1, -0.05) is 60.7 Å². The standard InChI is InChI=1S/C33H38N6O6S/c34-26(30(41)36-17-18-46-28-20-29(40)39(32(28)43)21-23-7-3-1-4-8-23)15-16-37-33(44)45-25-13-11-22(12-14-25)19-27(35)31(42)38-24-9-5-2-6-10-24/h1-14,26-28H,15-21,34-35H2,(H,36,41)(H,37,44)(H,38,42)/t26-,27-,28?/m0/s1. The molecule has 1 saturated heterocycles. The van der Waals surface area contributed by atoms with Gasteiger partial charge in [-0.3, -0.25) is 24.1 Å². The van der Waals surface area contributed by atoms with Gasteiger partial charge in [0.2, 0.25) is 23.6 Å². The molecule has 0 spiro atoms. The molecule has 1 aliphatic heterocycles. The summed E-state index contributed by atoms with van der Waals surface area (Å²) in [4.78, 5) is 63.2. The third-order valence-electron chi connectivity index (χ3n) is 7.14. The summed E-state index contributed by atoms with van der Waals surface area (Å²) < 4.78 is 5.27. The van der Waals surface area contributed by atoms with Crippen LogP contribution in [-0.2, 0) is 32.1 Å². The summed E-state index contributed by atoms with van der Waals surface area (Å²) in [5, 5.41) is 7.58. The third-order valence-corrected chi connectivity index (χ3v) is 8.35. The number of imide groups is 1. The van der Waals surface area contributed by atoms with Gasteiger partial charge in [0, 0.05) is 31.0 Å². The van der Waals surface area contributed by atoms with E-state index in [0.29, 0.717) is 23.6 Å². The van der Waals surface area contributed by atoms with Crippen molar-refractivity contribution in [2.75, 3.05) is 24.2 Å². The Kier molecular flexibility index (Phi) is 12.7. The number of rotatable bonds is 15. The van der Waals surface area contributed by atoms with Crippen LogP contribution in [0, 0.1) is 0 Å². The van der Waals surface area contributed by atoms with Crippen LogP contribution in [0.4, 0.5) is 10.5 Å². The van der Waals surface area contributed by atoms with Gasteiger partial charge in [-0.15, -0.1) is 11.8 Å². The predicted molar refractivity (Wildman–Crippen MR) is 176 cm³/mol. The van der Waals surface area contributed by atoms with Gasteiger partial charge in [0.25, 0.3) is 0 Å². The van der Waals surface area contributed by atoms with E-state index in [9.17, 15) is 24.0 Å². The average molecular weight is 647 g/mol. The lowest BCUT2D eigenvalue weighted by Gasteiger charge is -2.15. The van der Waals surface area contributed by atoms with E-state index in [-0.39, 0.29) is 56.1 Å². The summed E-state index contributed by atoms with van der Waals surface area (Å²) in [6.45, 7) is 0.644. The normalized spacial score (nSPS) is 15.6. The summed E-state index contributed by atoms with van der Waals surface area (Å²) in [5.41, 5.74) is 14.3. The molecule has 242 valence electrons. The van der Waals surface area contributed by atoms with E-state index in [2.05, 4.69) is 16.0 Å². The van der Waals surface area contributed by atoms with Crippen LogP contribution >= 0.6 is 11.8 Å². The zero-order valence-electron chi connectivity index (χ0n) is 25.2. The first-order valence-electron chi connectivity index (χ1n) is 14.9. The van der Waals surface area contributed by atoms with E-state index in [1.165, 1.54) is 16.7 Å². The largest absolute Gasteiger partial charge is 0.412 e. The SMILES string of the molecule is N[C@@H](CCNC(=O)Oc1ccc(C[C@H](N)C(=O)Nc2ccccc2)cc1)C(=O)NCCSC1CC(=O)N(Cc2ccccc2)C1=O. The number of nitrogens with two attached hydrogens (primary N) is 2. The van der Waals surface area contributed by atoms with E-state index in [4.69, 9.17) is 16.2 Å². The lowest BCUT2D eigenvalue weighted by atomic mass is 10.1. The van der Waals surface area contributed by atoms with Crippen molar-refractivity contribution < 1.29 is 28.7 Å². The zero-order valence-corrected chi connectivity index (χ0v) is 26.0. The van der Waals surface area contributed by atoms with Crippen molar-refractivity contribution in [1.29, 1.82) is 0 Å². The first-order valence-corrected chi connectivity index (χ1v) is 15.9. The number of nitrogens with one attached hydrogen (secondary N) is 3. The van der Waals surface area contributed by atoms with Crippen LogP contribution in [0.3, 0.4) is 0 Å². The van der Waals surface area contributed by atoms with Gasteiger partial charge in [0.15, 0.2) is 0 Å². The summed E-state index contributed by atoms with van der Waals surface area (Å²) >= 11 is 1.33. The molecular formula is C33H38N6O6S. The van der Waals surface area contributed by atoms with Gasteiger partial charge < -0.3 is 32.2 Å². The molecule has 0 aliphatic carbocycles. The molecule has 7 N–H and O–H groups in total. The van der Waals surface area contributed by atoms with Crippen molar-refractivity contribution in [3.8, 4) is 5.75 Å². The maximum Gasteiger partial charge on any atom is 0.412 e. The average Bonchev–Trinajstić information content (AvgIpc) is 3.32. The Bertz CT molecular complexity index is 1490. The fraction of sp³-hybridized carbons (Fsp3) is 0.303. The Morgan fingerprint density at radius 3 is 2.20 bits per heavy atom. The summed E-state index contributed by atoms with van der Waals surface area (Å²) in [6, 6.07) is 23.4. The Morgan fingerprint density at radius 1 is 0.826 bits per heavy atom. The molecule has 1 unspecified atom stereocenters. The number of ether oxygens (including phenoxy) is 1. The number of hydrogen-bond acceptors (Lipinski definition) is 9. The van der Waals surface area contributed by atoms with Crippen molar-refractivity contribution in [3.05, 3.63) is 96.1 Å². The van der Waals surface area contributed by atoms with E-state index in [0.717, 1.165) is 11.1 Å². The fourth-order valence-electron chi connectivity index (χ4n) is 4.62. The molecule has 4 rings (SSSR count). The number of carbonyl (C=O) groups excluding carboxylic acids is 5. The molecule has 0 bridgehead atoms. The molecule has 1 aliphatic rings. The molecule has 1 heterocycles. The van der Waals surface area contributed by atoms with Crippen LogP contribution < -0.4 is 32.2 Å². The predicted octanol–water partition coefficient (Wildman–Crippen LogP) is 2.18. The molecule has 5 amide bonds. The van der Waals surface area contributed by atoms with Crippen LogP contribution in [0.2, 0.25) is 0 Å². The van der Waals surface area contributed by atoms with Crippen molar-refractivity contribution in [3.63, 3.8) is 0 Å². The maximum absolute atomic E-state index is 12.7. The molecule has 0 radical (unpaired) electrons. The first kappa shape index (κ1) is 34.2. The van der Waals surface area contributed by atoms with Gasteiger partial charge >= 0.3 is 6.09 Å². The van der Waals surface area contributed by atoms with Crippen LogP contribution in [0.5, 0.6) is 5.75 Å². The summed E-state index contributed by atoms with van der Waals surface area (Å²) in [7, 11) is 0. The van der Waals surface area contributed by atoms with Crippen molar-refractivity contribution >= 4 is 47.2 Å². The summed E-state index contributed by atoms with van der Waals surface area (Å²) in [6.07, 6.45) is -0.0828. The van der Waals surface area contributed by atoms with E-state index < -0.39 is 23.4 Å². The van der Waals surface area contributed by atoms with Crippen molar-refractivity contribution in [2.45, 2.75) is 43.1 Å². The van der Waals surface area contributed by atoms with Gasteiger partial charge in [0.1, 0.15) is 5.75 Å². The third kappa shape index (κ3) is 10.4. The van der Waals surface area contributed by atoms with Gasteiger partial charge in [0.05, 0.1) is 23.9 Å². The maximum atomic E-state index is 12.7. The Balaban J connectivity index is 1.08. The number of carbonyl (C=O) groups is 5. The Labute approximate surface area is 271 Å². The molecule has 3 atom stereocenters. The lowest BCUT2D eigenvalue weighted by molar-refractivity contribution is -0.139. The molecule has 1 fully saturated rings. The molecule has 0 saturated carbocycles. The minimum Gasteiger partial charge on any atom is -0.410 e. The smallest absolute Gasteiger partial charge is 0.410 e.